The van der Waals surface area contributed by atoms with Gasteiger partial charge in [-0.15, -0.1) is 0 Å². The topological polar surface area (TPSA) is 46.6 Å². The number of carbonyl (C=O) groups excluding carboxylic acids is 2. The number of carbonyl (C=O) groups is 2. The normalized spacial score (nSPS) is 11.8. The van der Waals surface area contributed by atoms with E-state index in [4.69, 9.17) is 4.74 Å². The Balaban J connectivity index is 3.09. The Morgan fingerprint density at radius 3 is 2.50 bits per heavy atom. The zero-order chi connectivity index (χ0) is 13.7. The summed E-state index contributed by atoms with van der Waals surface area (Å²) >= 11 is 0. The third kappa shape index (κ3) is 2.88. The Morgan fingerprint density at radius 2 is 1.94 bits per heavy atom. The standard InChI is InChI=1S/C14H19NO3/c1-5-10(2)13(16)15(3)12-9-7-6-8-11(12)14(17)18-4/h6-10H,5H2,1-4H3. The average Bonchev–Trinajstić information content (AvgIpc) is 2.43. The van der Waals surface area contributed by atoms with Gasteiger partial charge in [0.25, 0.3) is 0 Å². The van der Waals surface area contributed by atoms with Crippen LogP contribution in [0.5, 0.6) is 0 Å². The van der Waals surface area contributed by atoms with Crippen LogP contribution in [0.3, 0.4) is 0 Å². The lowest BCUT2D eigenvalue weighted by atomic mass is 10.1. The highest BCUT2D eigenvalue weighted by Crippen LogP contribution is 2.22. The van der Waals surface area contributed by atoms with Crippen LogP contribution in [0.2, 0.25) is 0 Å². The molecule has 0 fully saturated rings. The first-order valence-electron chi connectivity index (χ1n) is 5.97. The van der Waals surface area contributed by atoms with Crippen molar-refractivity contribution < 1.29 is 14.3 Å². The predicted octanol–water partition coefficient (Wildman–Crippen LogP) is 2.48. The first-order chi connectivity index (χ1) is 8.52. The van der Waals surface area contributed by atoms with Gasteiger partial charge in [0.2, 0.25) is 5.91 Å². The van der Waals surface area contributed by atoms with Gasteiger partial charge in [-0.05, 0) is 18.6 Å². The molecule has 0 aromatic heterocycles. The summed E-state index contributed by atoms with van der Waals surface area (Å²) in [7, 11) is 3.01. The van der Waals surface area contributed by atoms with Gasteiger partial charge in [0.05, 0.1) is 18.4 Å². The summed E-state index contributed by atoms with van der Waals surface area (Å²) in [6.07, 6.45) is 0.767. The van der Waals surface area contributed by atoms with Crippen molar-refractivity contribution in [2.24, 2.45) is 5.92 Å². The predicted molar refractivity (Wildman–Crippen MR) is 70.6 cm³/mol. The Labute approximate surface area is 108 Å². The number of hydrogen-bond acceptors (Lipinski definition) is 3. The monoisotopic (exact) mass is 249 g/mol. The number of rotatable bonds is 4. The smallest absolute Gasteiger partial charge is 0.339 e. The molecule has 0 aliphatic rings. The number of amides is 1. The maximum Gasteiger partial charge on any atom is 0.339 e. The molecular formula is C14H19NO3. The number of nitrogens with zero attached hydrogens (tertiary/aromatic N) is 1. The highest BCUT2D eigenvalue weighted by molar-refractivity contribution is 6.02. The van der Waals surface area contributed by atoms with Gasteiger partial charge in [-0.2, -0.15) is 0 Å². The summed E-state index contributed by atoms with van der Waals surface area (Å²) in [6.45, 7) is 3.84. The van der Waals surface area contributed by atoms with Gasteiger partial charge >= 0.3 is 5.97 Å². The minimum absolute atomic E-state index is 0.00569. The molecule has 1 amide bonds. The zero-order valence-electron chi connectivity index (χ0n) is 11.3. The molecule has 0 aliphatic carbocycles. The largest absolute Gasteiger partial charge is 0.465 e. The first kappa shape index (κ1) is 14.2. The second-order valence-corrected chi connectivity index (χ2v) is 4.22. The fraction of sp³-hybridized carbons (Fsp3) is 0.429. The van der Waals surface area contributed by atoms with Crippen LogP contribution >= 0.6 is 0 Å². The van der Waals surface area contributed by atoms with Crippen LogP contribution in [0.4, 0.5) is 5.69 Å². The van der Waals surface area contributed by atoms with Crippen molar-refractivity contribution in [2.45, 2.75) is 20.3 Å². The van der Waals surface area contributed by atoms with Gasteiger partial charge in [-0.25, -0.2) is 4.79 Å². The summed E-state index contributed by atoms with van der Waals surface area (Å²) in [5.41, 5.74) is 0.980. The average molecular weight is 249 g/mol. The van der Waals surface area contributed by atoms with Crippen molar-refractivity contribution >= 4 is 17.6 Å². The number of anilines is 1. The van der Waals surface area contributed by atoms with Crippen molar-refractivity contribution in [3.05, 3.63) is 29.8 Å². The van der Waals surface area contributed by atoms with Crippen molar-refractivity contribution in [2.75, 3.05) is 19.1 Å². The molecule has 1 atom stereocenters. The zero-order valence-corrected chi connectivity index (χ0v) is 11.3. The van der Waals surface area contributed by atoms with Crippen LogP contribution in [0.25, 0.3) is 0 Å². The van der Waals surface area contributed by atoms with Crippen LogP contribution in [-0.2, 0) is 9.53 Å². The van der Waals surface area contributed by atoms with Gasteiger partial charge in [0.1, 0.15) is 0 Å². The van der Waals surface area contributed by atoms with E-state index < -0.39 is 5.97 Å². The molecule has 0 radical (unpaired) electrons. The van der Waals surface area contributed by atoms with Gasteiger partial charge in [-0.1, -0.05) is 26.0 Å². The van der Waals surface area contributed by atoms with E-state index in [0.717, 1.165) is 6.42 Å². The summed E-state index contributed by atoms with van der Waals surface area (Å²) in [5, 5.41) is 0. The number of para-hydroxylation sites is 1. The summed E-state index contributed by atoms with van der Waals surface area (Å²) in [6, 6.07) is 6.94. The Hall–Kier alpha value is -1.84. The van der Waals surface area contributed by atoms with E-state index in [1.54, 1.807) is 31.3 Å². The molecule has 1 unspecified atom stereocenters. The minimum atomic E-state index is -0.436. The molecule has 1 rings (SSSR count). The molecule has 0 aliphatic heterocycles. The third-order valence-corrected chi connectivity index (χ3v) is 3.04. The van der Waals surface area contributed by atoms with Gasteiger partial charge in [0, 0.05) is 13.0 Å². The number of benzene rings is 1. The van der Waals surface area contributed by atoms with Crippen molar-refractivity contribution in [1.82, 2.24) is 0 Å². The van der Waals surface area contributed by atoms with Gasteiger partial charge < -0.3 is 9.64 Å². The van der Waals surface area contributed by atoms with Gasteiger partial charge in [-0.3, -0.25) is 4.79 Å². The van der Waals surface area contributed by atoms with E-state index in [2.05, 4.69) is 0 Å². The van der Waals surface area contributed by atoms with E-state index in [9.17, 15) is 9.59 Å². The first-order valence-corrected chi connectivity index (χ1v) is 5.97. The quantitative estimate of drug-likeness (QED) is 0.770. The molecule has 0 saturated carbocycles. The number of hydrogen-bond donors (Lipinski definition) is 0. The molecule has 0 N–H and O–H groups in total. The van der Waals surface area contributed by atoms with Crippen LogP contribution in [0, 0.1) is 5.92 Å². The lowest BCUT2D eigenvalue weighted by molar-refractivity contribution is -0.121. The molecule has 0 heterocycles. The molecular weight excluding hydrogens is 230 g/mol. The molecule has 1 aromatic rings. The maximum atomic E-state index is 12.1. The summed E-state index contributed by atoms with van der Waals surface area (Å²) in [4.78, 5) is 25.3. The van der Waals surface area contributed by atoms with Gasteiger partial charge in [0.15, 0.2) is 0 Å². The maximum absolute atomic E-state index is 12.1. The molecule has 0 bridgehead atoms. The Kier molecular flexibility index (Phi) is 4.89. The van der Waals surface area contributed by atoms with E-state index in [-0.39, 0.29) is 11.8 Å². The fourth-order valence-corrected chi connectivity index (χ4v) is 1.67. The molecule has 4 heteroatoms. The molecule has 18 heavy (non-hydrogen) atoms. The summed E-state index contributed by atoms with van der Waals surface area (Å²) in [5.74, 6) is -0.510. The van der Waals surface area contributed by atoms with Crippen molar-refractivity contribution in [3.63, 3.8) is 0 Å². The number of esters is 1. The Morgan fingerprint density at radius 1 is 1.33 bits per heavy atom. The van der Waals surface area contributed by atoms with Crippen molar-refractivity contribution in [1.29, 1.82) is 0 Å². The SMILES string of the molecule is CCC(C)C(=O)N(C)c1ccccc1C(=O)OC. The lowest BCUT2D eigenvalue weighted by Crippen LogP contribution is -2.32. The Bertz CT molecular complexity index is 442. The number of methoxy groups -OCH3 is 1. The second-order valence-electron chi connectivity index (χ2n) is 4.22. The fourth-order valence-electron chi connectivity index (χ4n) is 1.67. The molecule has 1 aromatic carbocycles. The molecule has 4 nitrogen and oxygen atoms in total. The lowest BCUT2D eigenvalue weighted by Gasteiger charge is -2.22. The van der Waals surface area contributed by atoms with Crippen LogP contribution in [0.15, 0.2) is 24.3 Å². The molecule has 98 valence electrons. The second kappa shape index (κ2) is 6.19. The third-order valence-electron chi connectivity index (χ3n) is 3.04. The summed E-state index contributed by atoms with van der Waals surface area (Å²) < 4.78 is 4.72. The highest BCUT2D eigenvalue weighted by atomic mass is 16.5. The van der Waals surface area contributed by atoms with Crippen molar-refractivity contribution in [3.8, 4) is 0 Å². The van der Waals surface area contributed by atoms with Crippen LogP contribution in [-0.4, -0.2) is 26.0 Å². The molecule has 0 spiro atoms. The van der Waals surface area contributed by atoms with Crippen LogP contribution in [0.1, 0.15) is 30.6 Å². The van der Waals surface area contributed by atoms with E-state index in [1.165, 1.54) is 12.0 Å². The van der Waals surface area contributed by atoms with E-state index in [0.29, 0.717) is 11.3 Å². The minimum Gasteiger partial charge on any atom is -0.465 e. The molecule has 0 saturated heterocycles. The highest BCUT2D eigenvalue weighted by Gasteiger charge is 2.21. The van der Waals surface area contributed by atoms with Crippen LogP contribution < -0.4 is 4.90 Å². The van der Waals surface area contributed by atoms with E-state index in [1.807, 2.05) is 13.8 Å². The number of ether oxygens (including phenoxy) is 1. The van der Waals surface area contributed by atoms with E-state index >= 15 is 0 Å².